The van der Waals surface area contributed by atoms with Gasteiger partial charge in [-0.05, 0) is 11.4 Å². The highest BCUT2D eigenvalue weighted by atomic mass is 32.1. The zero-order valence-corrected chi connectivity index (χ0v) is 10.3. The van der Waals surface area contributed by atoms with Gasteiger partial charge in [0.2, 0.25) is 0 Å². The van der Waals surface area contributed by atoms with E-state index in [9.17, 15) is 4.79 Å². The van der Waals surface area contributed by atoms with Gasteiger partial charge in [0, 0.05) is 5.38 Å². The van der Waals surface area contributed by atoms with E-state index >= 15 is 0 Å². The fourth-order valence-corrected chi connectivity index (χ4v) is 2.85. The zero-order valence-electron chi connectivity index (χ0n) is 8.66. The van der Waals surface area contributed by atoms with Gasteiger partial charge in [-0.25, -0.2) is 9.97 Å². The number of hydrogen-bond donors (Lipinski definition) is 1. The summed E-state index contributed by atoms with van der Waals surface area (Å²) in [5.74, 6) is 0. The third-order valence-electron chi connectivity index (χ3n) is 2.35. The molecule has 0 unspecified atom stereocenters. The first-order chi connectivity index (χ1) is 8.24. The van der Waals surface area contributed by atoms with Gasteiger partial charge in [0.1, 0.15) is 4.83 Å². The first kappa shape index (κ1) is 10.4. The SMILES string of the molecule is Nc1nc(Cn2cnc3sccc3c2=O)cs1. The molecule has 0 aliphatic carbocycles. The highest BCUT2D eigenvalue weighted by molar-refractivity contribution is 7.16. The number of nitrogens with two attached hydrogens (primary N) is 1. The van der Waals surface area contributed by atoms with Gasteiger partial charge in [-0.15, -0.1) is 22.7 Å². The van der Waals surface area contributed by atoms with Crippen LogP contribution in [0.4, 0.5) is 5.13 Å². The standard InChI is InChI=1S/C10H8N4OS2/c11-10-13-6(4-17-10)3-14-5-12-8-7(9(14)15)1-2-16-8/h1-2,4-5H,3H2,(H2,11,13). The van der Waals surface area contributed by atoms with Crippen molar-refractivity contribution in [2.24, 2.45) is 0 Å². The van der Waals surface area contributed by atoms with E-state index in [-0.39, 0.29) is 5.56 Å². The smallest absolute Gasteiger partial charge is 0.262 e. The van der Waals surface area contributed by atoms with Crippen LogP contribution in [0, 0.1) is 0 Å². The van der Waals surface area contributed by atoms with Crippen LogP contribution >= 0.6 is 22.7 Å². The number of anilines is 1. The van der Waals surface area contributed by atoms with Crippen LogP contribution in [0.15, 0.2) is 27.9 Å². The van der Waals surface area contributed by atoms with Crippen LogP contribution in [0.25, 0.3) is 10.2 Å². The molecule has 3 aromatic heterocycles. The Bertz CT molecular complexity index is 727. The molecule has 0 aromatic carbocycles. The van der Waals surface area contributed by atoms with E-state index in [4.69, 9.17) is 5.73 Å². The van der Waals surface area contributed by atoms with E-state index in [2.05, 4.69) is 9.97 Å². The Labute approximate surface area is 104 Å². The molecule has 0 fully saturated rings. The maximum Gasteiger partial charge on any atom is 0.262 e. The highest BCUT2D eigenvalue weighted by Crippen LogP contribution is 2.15. The lowest BCUT2D eigenvalue weighted by Crippen LogP contribution is -2.20. The monoisotopic (exact) mass is 264 g/mol. The summed E-state index contributed by atoms with van der Waals surface area (Å²) in [6.07, 6.45) is 1.55. The lowest BCUT2D eigenvalue weighted by Gasteiger charge is -2.01. The quantitative estimate of drug-likeness (QED) is 0.762. The summed E-state index contributed by atoms with van der Waals surface area (Å²) < 4.78 is 1.55. The molecule has 3 rings (SSSR count). The van der Waals surface area contributed by atoms with Gasteiger partial charge in [-0.2, -0.15) is 0 Å². The van der Waals surface area contributed by atoms with E-state index in [1.54, 1.807) is 17.0 Å². The second-order valence-corrected chi connectivity index (χ2v) is 5.28. The molecular formula is C10H8N4OS2. The number of fused-ring (bicyclic) bond motifs is 1. The first-order valence-corrected chi connectivity index (χ1v) is 6.62. The molecular weight excluding hydrogens is 256 g/mol. The topological polar surface area (TPSA) is 73.8 Å². The Morgan fingerprint density at radius 3 is 3.06 bits per heavy atom. The van der Waals surface area contributed by atoms with Gasteiger partial charge in [-0.1, -0.05) is 0 Å². The van der Waals surface area contributed by atoms with Crippen LogP contribution in [0.1, 0.15) is 5.69 Å². The fourth-order valence-electron chi connectivity index (χ4n) is 1.58. The minimum atomic E-state index is -0.0391. The highest BCUT2D eigenvalue weighted by Gasteiger charge is 2.06. The molecule has 0 aliphatic rings. The zero-order chi connectivity index (χ0) is 11.8. The van der Waals surface area contributed by atoms with Gasteiger partial charge in [0.15, 0.2) is 5.13 Å². The summed E-state index contributed by atoms with van der Waals surface area (Å²) in [6.45, 7) is 0.408. The van der Waals surface area contributed by atoms with Gasteiger partial charge in [0.05, 0.1) is 24.0 Å². The Hall–Kier alpha value is -1.73. The predicted octanol–water partition coefficient (Wildman–Crippen LogP) is 1.54. The Morgan fingerprint density at radius 2 is 2.29 bits per heavy atom. The summed E-state index contributed by atoms with van der Waals surface area (Å²) in [5, 5.41) is 4.88. The van der Waals surface area contributed by atoms with Crippen molar-refractivity contribution >= 4 is 38.0 Å². The molecule has 86 valence electrons. The third-order valence-corrected chi connectivity index (χ3v) is 3.90. The average Bonchev–Trinajstić information content (AvgIpc) is 2.92. The average molecular weight is 264 g/mol. The number of aromatic nitrogens is 3. The van der Waals surface area contributed by atoms with Gasteiger partial charge in [0.25, 0.3) is 5.56 Å². The molecule has 3 aromatic rings. The van der Waals surface area contributed by atoms with Crippen molar-refractivity contribution in [1.82, 2.24) is 14.5 Å². The summed E-state index contributed by atoms with van der Waals surface area (Å²) in [5.41, 5.74) is 6.29. The molecule has 0 amide bonds. The van der Waals surface area contributed by atoms with E-state index in [0.29, 0.717) is 17.1 Å². The number of hydrogen-bond acceptors (Lipinski definition) is 6. The lowest BCUT2D eigenvalue weighted by atomic mass is 10.4. The molecule has 0 saturated carbocycles. The largest absolute Gasteiger partial charge is 0.375 e. The third kappa shape index (κ3) is 1.83. The van der Waals surface area contributed by atoms with Crippen molar-refractivity contribution in [1.29, 1.82) is 0 Å². The predicted molar refractivity (Wildman–Crippen MR) is 69.5 cm³/mol. The number of thiazole rings is 1. The summed E-state index contributed by atoms with van der Waals surface area (Å²) >= 11 is 2.83. The minimum Gasteiger partial charge on any atom is -0.375 e. The maximum absolute atomic E-state index is 12.1. The Balaban J connectivity index is 2.06. The van der Waals surface area contributed by atoms with Crippen molar-refractivity contribution in [3.8, 4) is 0 Å². The van der Waals surface area contributed by atoms with E-state index in [1.165, 1.54) is 22.7 Å². The van der Waals surface area contributed by atoms with Crippen molar-refractivity contribution < 1.29 is 0 Å². The van der Waals surface area contributed by atoms with Crippen LogP contribution in [0.5, 0.6) is 0 Å². The van der Waals surface area contributed by atoms with E-state index in [0.717, 1.165) is 10.5 Å². The molecule has 0 saturated heterocycles. The van der Waals surface area contributed by atoms with Crippen LogP contribution in [-0.2, 0) is 6.54 Å². The van der Waals surface area contributed by atoms with E-state index in [1.807, 2.05) is 10.8 Å². The van der Waals surface area contributed by atoms with Crippen molar-refractivity contribution in [3.63, 3.8) is 0 Å². The number of nitrogens with zero attached hydrogens (tertiary/aromatic N) is 3. The number of nitrogen functional groups attached to an aromatic ring is 1. The Morgan fingerprint density at radius 1 is 1.41 bits per heavy atom. The summed E-state index contributed by atoms with van der Waals surface area (Å²) in [6, 6.07) is 1.79. The molecule has 3 heterocycles. The molecule has 17 heavy (non-hydrogen) atoms. The summed E-state index contributed by atoms with van der Waals surface area (Å²) in [4.78, 5) is 21.2. The van der Waals surface area contributed by atoms with Crippen LogP contribution < -0.4 is 11.3 Å². The van der Waals surface area contributed by atoms with Gasteiger partial charge >= 0.3 is 0 Å². The minimum absolute atomic E-state index is 0.0391. The van der Waals surface area contributed by atoms with Crippen molar-refractivity contribution in [2.75, 3.05) is 5.73 Å². The molecule has 5 nitrogen and oxygen atoms in total. The molecule has 2 N–H and O–H groups in total. The van der Waals surface area contributed by atoms with E-state index < -0.39 is 0 Å². The number of thiophene rings is 1. The fraction of sp³-hybridized carbons (Fsp3) is 0.100. The normalized spacial score (nSPS) is 11.1. The lowest BCUT2D eigenvalue weighted by molar-refractivity contribution is 0.735. The van der Waals surface area contributed by atoms with Crippen LogP contribution in [0.2, 0.25) is 0 Å². The van der Waals surface area contributed by atoms with Crippen LogP contribution in [-0.4, -0.2) is 14.5 Å². The summed E-state index contributed by atoms with van der Waals surface area (Å²) in [7, 11) is 0. The number of rotatable bonds is 2. The molecule has 0 atom stereocenters. The second kappa shape index (κ2) is 3.94. The van der Waals surface area contributed by atoms with Gasteiger partial charge in [-0.3, -0.25) is 9.36 Å². The Kier molecular flexibility index (Phi) is 2.41. The maximum atomic E-state index is 12.1. The molecule has 7 heteroatoms. The first-order valence-electron chi connectivity index (χ1n) is 4.86. The molecule has 0 bridgehead atoms. The van der Waals surface area contributed by atoms with Crippen molar-refractivity contribution in [2.45, 2.75) is 6.54 Å². The van der Waals surface area contributed by atoms with Crippen LogP contribution in [0.3, 0.4) is 0 Å². The molecule has 0 spiro atoms. The van der Waals surface area contributed by atoms with Crippen molar-refractivity contribution in [3.05, 3.63) is 39.2 Å². The second-order valence-electron chi connectivity index (χ2n) is 3.49. The molecule has 0 aliphatic heterocycles. The molecule has 0 radical (unpaired) electrons. The van der Waals surface area contributed by atoms with Gasteiger partial charge < -0.3 is 5.73 Å².